The fraction of sp³-hybridized carbons (Fsp3) is 0.0690. The summed E-state index contributed by atoms with van der Waals surface area (Å²) < 4.78 is 2.12. The minimum atomic E-state index is -0.121. The van der Waals surface area contributed by atoms with E-state index in [1.807, 2.05) is 91.0 Å². The van der Waals surface area contributed by atoms with Crippen molar-refractivity contribution in [2.45, 2.75) is 17.3 Å². The lowest BCUT2D eigenvalue weighted by molar-refractivity contribution is 0.102. The number of thioether (sulfide) groups is 1. The summed E-state index contributed by atoms with van der Waals surface area (Å²) in [6, 6.07) is 37.7. The summed E-state index contributed by atoms with van der Waals surface area (Å²) in [4.78, 5) is 12.5. The van der Waals surface area contributed by atoms with Gasteiger partial charge in [-0.05, 0) is 47.5 Å². The Morgan fingerprint density at radius 1 is 0.714 bits per heavy atom. The van der Waals surface area contributed by atoms with Crippen molar-refractivity contribution in [2.24, 2.45) is 0 Å². The third-order valence-corrected chi connectivity index (χ3v) is 6.54. The lowest BCUT2D eigenvalue weighted by Gasteiger charge is -2.10. The van der Waals surface area contributed by atoms with Crippen molar-refractivity contribution in [3.8, 4) is 5.69 Å². The molecule has 0 fully saturated rings. The van der Waals surface area contributed by atoms with Crippen molar-refractivity contribution in [3.63, 3.8) is 0 Å². The number of nitrogens with one attached hydrogen (secondary N) is 1. The largest absolute Gasteiger partial charge is 0.322 e. The van der Waals surface area contributed by atoms with Crippen molar-refractivity contribution >= 4 is 23.4 Å². The normalized spacial score (nSPS) is 10.7. The van der Waals surface area contributed by atoms with Gasteiger partial charge in [-0.1, -0.05) is 90.6 Å². The quantitative estimate of drug-likeness (QED) is 0.263. The van der Waals surface area contributed by atoms with Crippen molar-refractivity contribution in [3.05, 3.63) is 138 Å². The topological polar surface area (TPSA) is 59.8 Å². The summed E-state index contributed by atoms with van der Waals surface area (Å²) in [5.74, 6) is 1.50. The van der Waals surface area contributed by atoms with E-state index in [2.05, 4.69) is 44.3 Å². The van der Waals surface area contributed by atoms with E-state index in [0.29, 0.717) is 12.0 Å². The maximum absolute atomic E-state index is 12.5. The van der Waals surface area contributed by atoms with Crippen molar-refractivity contribution in [2.75, 3.05) is 5.32 Å². The zero-order valence-electron chi connectivity index (χ0n) is 19.0. The zero-order valence-corrected chi connectivity index (χ0v) is 19.9. The number of carbonyl (C=O) groups is 1. The fourth-order valence-electron chi connectivity index (χ4n) is 3.75. The maximum Gasteiger partial charge on any atom is 0.255 e. The molecule has 0 bridgehead atoms. The summed E-state index contributed by atoms with van der Waals surface area (Å²) in [7, 11) is 0. The number of amides is 1. The number of hydrogen-bond acceptors (Lipinski definition) is 4. The Hall–Kier alpha value is -4.16. The number of rotatable bonds is 8. The van der Waals surface area contributed by atoms with Gasteiger partial charge in [0.1, 0.15) is 5.82 Å². The predicted molar refractivity (Wildman–Crippen MR) is 141 cm³/mol. The minimum Gasteiger partial charge on any atom is -0.322 e. The predicted octanol–water partition coefficient (Wildman–Crippen LogP) is 6.40. The van der Waals surface area contributed by atoms with E-state index < -0.39 is 0 Å². The molecule has 172 valence electrons. The van der Waals surface area contributed by atoms with E-state index in [0.717, 1.165) is 33.7 Å². The number of hydrogen-bond donors (Lipinski definition) is 1. The van der Waals surface area contributed by atoms with Gasteiger partial charge in [-0.15, -0.1) is 10.2 Å². The Morgan fingerprint density at radius 2 is 1.34 bits per heavy atom. The molecule has 5 aromatic rings. The molecule has 0 aliphatic heterocycles. The molecule has 5 rings (SSSR count). The van der Waals surface area contributed by atoms with Gasteiger partial charge in [0.15, 0.2) is 5.16 Å². The number of para-hydroxylation sites is 2. The van der Waals surface area contributed by atoms with Crippen LogP contribution in [0.25, 0.3) is 5.69 Å². The van der Waals surface area contributed by atoms with Crippen LogP contribution in [0.15, 0.2) is 120 Å². The average Bonchev–Trinajstić information content (AvgIpc) is 3.31. The molecule has 1 aromatic heterocycles. The van der Waals surface area contributed by atoms with Gasteiger partial charge < -0.3 is 5.32 Å². The standard InChI is InChI=1S/C29H24N4OS/c34-28(30-25-12-6-2-7-13-25)24-18-16-23(17-19-24)21-35-29-32-31-27(20-22-10-4-1-5-11-22)33(29)26-14-8-3-9-15-26/h1-19H,20-21H2,(H,30,34). The third kappa shape index (κ3) is 5.67. The zero-order chi connectivity index (χ0) is 23.9. The molecule has 6 heteroatoms. The number of carbonyl (C=O) groups excluding carboxylic acids is 1. The SMILES string of the molecule is O=C(Nc1ccccc1)c1ccc(CSc2nnc(Cc3ccccc3)n2-c2ccccc2)cc1. The molecule has 0 saturated carbocycles. The molecule has 0 atom stereocenters. The van der Waals surface area contributed by atoms with E-state index in [1.54, 1.807) is 11.8 Å². The Morgan fingerprint density at radius 3 is 2.03 bits per heavy atom. The monoisotopic (exact) mass is 476 g/mol. The van der Waals surface area contributed by atoms with Crippen LogP contribution in [0.5, 0.6) is 0 Å². The summed E-state index contributed by atoms with van der Waals surface area (Å²) in [5.41, 5.74) is 4.75. The van der Waals surface area contributed by atoms with Crippen LogP contribution in [0.4, 0.5) is 5.69 Å². The highest BCUT2D eigenvalue weighted by Gasteiger charge is 2.15. The van der Waals surface area contributed by atoms with Gasteiger partial charge in [0.2, 0.25) is 0 Å². The maximum atomic E-state index is 12.5. The lowest BCUT2D eigenvalue weighted by Crippen LogP contribution is -2.11. The van der Waals surface area contributed by atoms with Crippen LogP contribution in [-0.2, 0) is 12.2 Å². The molecule has 0 unspecified atom stereocenters. The summed E-state index contributed by atoms with van der Waals surface area (Å²) >= 11 is 1.63. The van der Waals surface area contributed by atoms with Crippen molar-refractivity contribution in [1.82, 2.24) is 14.8 Å². The summed E-state index contributed by atoms with van der Waals surface area (Å²) in [5, 5.41) is 12.8. The molecular weight excluding hydrogens is 452 g/mol. The molecule has 1 heterocycles. The first-order chi connectivity index (χ1) is 17.3. The van der Waals surface area contributed by atoms with Crippen LogP contribution >= 0.6 is 11.8 Å². The van der Waals surface area contributed by atoms with Crippen molar-refractivity contribution < 1.29 is 4.79 Å². The van der Waals surface area contributed by atoms with Crippen LogP contribution in [0.1, 0.15) is 27.3 Å². The second kappa shape index (κ2) is 10.8. The molecule has 0 aliphatic rings. The van der Waals surface area contributed by atoms with E-state index in [9.17, 15) is 4.79 Å². The summed E-state index contributed by atoms with van der Waals surface area (Å²) in [6.45, 7) is 0. The van der Waals surface area contributed by atoms with Crippen LogP contribution in [0.2, 0.25) is 0 Å². The highest BCUT2D eigenvalue weighted by atomic mass is 32.2. The van der Waals surface area contributed by atoms with E-state index in [4.69, 9.17) is 0 Å². The molecule has 35 heavy (non-hydrogen) atoms. The first kappa shape index (κ1) is 22.6. The number of aromatic nitrogens is 3. The second-order valence-corrected chi connectivity index (χ2v) is 8.98. The molecule has 0 spiro atoms. The number of nitrogens with zero attached hydrogens (tertiary/aromatic N) is 3. The van der Waals surface area contributed by atoms with Crippen LogP contribution < -0.4 is 5.32 Å². The van der Waals surface area contributed by atoms with Crippen LogP contribution in [0, 0.1) is 0 Å². The summed E-state index contributed by atoms with van der Waals surface area (Å²) in [6.07, 6.45) is 0.703. The smallest absolute Gasteiger partial charge is 0.255 e. The van der Waals surface area contributed by atoms with E-state index in [-0.39, 0.29) is 5.91 Å². The van der Waals surface area contributed by atoms with Crippen molar-refractivity contribution in [1.29, 1.82) is 0 Å². The molecule has 0 radical (unpaired) electrons. The van der Waals surface area contributed by atoms with Gasteiger partial charge in [0, 0.05) is 29.1 Å². The van der Waals surface area contributed by atoms with E-state index in [1.165, 1.54) is 5.56 Å². The average molecular weight is 477 g/mol. The molecule has 5 nitrogen and oxygen atoms in total. The highest BCUT2D eigenvalue weighted by molar-refractivity contribution is 7.98. The van der Waals surface area contributed by atoms with E-state index >= 15 is 0 Å². The Bertz CT molecular complexity index is 1390. The fourth-order valence-corrected chi connectivity index (χ4v) is 4.67. The van der Waals surface area contributed by atoms with Gasteiger partial charge in [-0.3, -0.25) is 9.36 Å². The Labute approximate surface area is 208 Å². The molecule has 4 aromatic carbocycles. The third-order valence-electron chi connectivity index (χ3n) is 5.54. The molecular formula is C29H24N4OS. The van der Waals surface area contributed by atoms with Gasteiger partial charge in [-0.2, -0.15) is 0 Å². The number of anilines is 1. The minimum absolute atomic E-state index is 0.121. The lowest BCUT2D eigenvalue weighted by atomic mass is 10.1. The first-order valence-corrected chi connectivity index (χ1v) is 12.4. The van der Waals surface area contributed by atoms with Gasteiger partial charge >= 0.3 is 0 Å². The Balaban J connectivity index is 1.31. The molecule has 0 aliphatic carbocycles. The number of benzene rings is 4. The van der Waals surface area contributed by atoms with Gasteiger partial charge in [0.05, 0.1) is 0 Å². The molecule has 1 amide bonds. The molecule has 1 N–H and O–H groups in total. The highest BCUT2D eigenvalue weighted by Crippen LogP contribution is 2.26. The van der Waals surface area contributed by atoms with Crippen LogP contribution in [-0.4, -0.2) is 20.7 Å². The van der Waals surface area contributed by atoms with Gasteiger partial charge in [0.25, 0.3) is 5.91 Å². The van der Waals surface area contributed by atoms with Crippen LogP contribution in [0.3, 0.4) is 0 Å². The first-order valence-electron chi connectivity index (χ1n) is 11.4. The van der Waals surface area contributed by atoms with Gasteiger partial charge in [-0.25, -0.2) is 0 Å². The Kier molecular flexibility index (Phi) is 7.01. The second-order valence-electron chi connectivity index (χ2n) is 8.04. The molecule has 0 saturated heterocycles.